The maximum Gasteiger partial charge on any atom is 0.184 e. The molecule has 0 heterocycles. The van der Waals surface area contributed by atoms with Crippen LogP contribution < -0.4 is 0 Å². The minimum absolute atomic E-state index is 0.0787. The maximum absolute atomic E-state index is 9.38. The lowest BCUT2D eigenvalue weighted by Gasteiger charge is -1.74. The van der Waals surface area contributed by atoms with Crippen LogP contribution in [0.15, 0.2) is 0 Å². The zero-order chi connectivity index (χ0) is 4.28. The van der Waals surface area contributed by atoms with Crippen LogP contribution in [0.2, 0.25) is 5.72 Å². The average molecular weight is 66.7 g/mol. The fourth-order valence-corrected chi connectivity index (χ4v) is 0. The summed E-state index contributed by atoms with van der Waals surface area (Å²) in [6.45, 7) is 0. The standard InChI is InChI=1S/C2H5B2O/c3-2(4)1-5/h2H,3-4H2. The van der Waals surface area contributed by atoms with Crippen LogP contribution in [-0.2, 0) is 4.79 Å². The van der Waals surface area contributed by atoms with Crippen molar-refractivity contribution < 1.29 is 4.79 Å². The molecule has 1 nitrogen and oxygen atoms in total. The lowest BCUT2D eigenvalue weighted by Crippen LogP contribution is -1.88. The molecule has 0 saturated heterocycles. The molecule has 0 rings (SSSR count). The third-order valence-electron chi connectivity index (χ3n) is 0.236. The molecule has 0 spiro atoms. The Morgan fingerprint density at radius 3 is 1.80 bits per heavy atom. The third kappa shape index (κ3) is 3.80. The Balaban J connectivity index is 2.83. The zero-order valence-corrected chi connectivity index (χ0v) is 3.49. The highest BCUT2D eigenvalue weighted by molar-refractivity contribution is 6.43. The number of rotatable bonds is 1. The van der Waals surface area contributed by atoms with Gasteiger partial charge in [-0.1, -0.05) is 0 Å². The zero-order valence-electron chi connectivity index (χ0n) is 3.49. The second-order valence-corrected chi connectivity index (χ2v) is 1.27. The molecule has 25 valence electrons. The van der Waals surface area contributed by atoms with E-state index in [1.165, 1.54) is 0 Å². The van der Waals surface area contributed by atoms with E-state index >= 15 is 0 Å². The number of hydrogen-bond donors (Lipinski definition) is 0. The second kappa shape index (κ2) is 2.06. The van der Waals surface area contributed by atoms with Crippen molar-refractivity contribution in [2.24, 2.45) is 0 Å². The minimum Gasteiger partial charge on any atom is -0.292 e. The largest absolute Gasteiger partial charge is 0.292 e. The lowest BCUT2D eigenvalue weighted by molar-refractivity contribution is 0.558. The molecule has 5 heavy (non-hydrogen) atoms. The summed E-state index contributed by atoms with van der Waals surface area (Å²) in [5.74, 6) is 0. The summed E-state index contributed by atoms with van der Waals surface area (Å²) in [5.41, 5.74) is 0.0787. The molecular weight excluding hydrogens is 61.6 g/mol. The van der Waals surface area contributed by atoms with E-state index in [0.29, 0.717) is 0 Å². The van der Waals surface area contributed by atoms with E-state index in [-0.39, 0.29) is 5.72 Å². The van der Waals surface area contributed by atoms with Crippen LogP contribution in [0.25, 0.3) is 0 Å². The Morgan fingerprint density at radius 1 is 1.60 bits per heavy atom. The van der Waals surface area contributed by atoms with Gasteiger partial charge in [-0.05, 0) is 5.72 Å². The van der Waals surface area contributed by atoms with E-state index in [9.17, 15) is 4.79 Å². The molecule has 0 aliphatic rings. The molecule has 0 aliphatic heterocycles. The molecule has 0 fully saturated rings. The first-order valence-electron chi connectivity index (χ1n) is 1.65. The Morgan fingerprint density at radius 2 is 1.80 bits per heavy atom. The van der Waals surface area contributed by atoms with Crippen molar-refractivity contribution in [3.8, 4) is 0 Å². The van der Waals surface area contributed by atoms with Gasteiger partial charge in [-0.2, -0.15) is 0 Å². The molecule has 0 saturated carbocycles. The first-order chi connectivity index (χ1) is 2.27. The van der Waals surface area contributed by atoms with Gasteiger partial charge in [0, 0.05) is 0 Å². The van der Waals surface area contributed by atoms with Crippen LogP contribution in [0.3, 0.4) is 0 Å². The van der Waals surface area contributed by atoms with Crippen LogP contribution in [0.4, 0.5) is 0 Å². The van der Waals surface area contributed by atoms with Gasteiger partial charge in [0.25, 0.3) is 0 Å². The van der Waals surface area contributed by atoms with E-state index in [1.807, 2.05) is 0 Å². The van der Waals surface area contributed by atoms with Crippen molar-refractivity contribution in [3.63, 3.8) is 0 Å². The highest BCUT2D eigenvalue weighted by Crippen LogP contribution is 1.74. The monoisotopic (exact) mass is 67.1 g/mol. The predicted octanol–water partition coefficient (Wildman–Crippen LogP) is -1.89. The summed E-state index contributed by atoms with van der Waals surface area (Å²) in [6.07, 6.45) is 1.78. The van der Waals surface area contributed by atoms with Crippen molar-refractivity contribution in [1.29, 1.82) is 0 Å². The molecule has 0 amide bonds. The first kappa shape index (κ1) is 4.80. The van der Waals surface area contributed by atoms with E-state index in [1.54, 1.807) is 22.0 Å². The normalized spacial score (nSPS) is 8.20. The molecular formula is C2H5B2O. The van der Waals surface area contributed by atoms with Crippen LogP contribution in [0, 0.1) is 0 Å². The highest BCUT2D eigenvalue weighted by Gasteiger charge is 1.83. The summed E-state index contributed by atoms with van der Waals surface area (Å²) in [5, 5.41) is 0. The fourth-order valence-electron chi connectivity index (χ4n) is 0. The predicted molar refractivity (Wildman–Crippen MR) is 26.5 cm³/mol. The van der Waals surface area contributed by atoms with Gasteiger partial charge in [-0.15, -0.1) is 0 Å². The van der Waals surface area contributed by atoms with Gasteiger partial charge in [-0.3, -0.25) is 4.79 Å². The quantitative estimate of drug-likeness (QED) is 0.327. The Bertz CT molecular complexity index is 34.6. The Kier molecular flexibility index (Phi) is 1.98. The van der Waals surface area contributed by atoms with Gasteiger partial charge < -0.3 is 0 Å². The van der Waals surface area contributed by atoms with Crippen LogP contribution in [0.1, 0.15) is 0 Å². The molecule has 0 unspecified atom stereocenters. The summed E-state index contributed by atoms with van der Waals surface area (Å²) < 4.78 is 0. The average Bonchev–Trinajstić information content (AvgIpc) is 1.38. The van der Waals surface area contributed by atoms with Crippen LogP contribution in [-0.4, -0.2) is 22.0 Å². The van der Waals surface area contributed by atoms with Gasteiger partial charge in [0.05, 0.1) is 0 Å². The molecule has 0 N–H and O–H groups in total. The van der Waals surface area contributed by atoms with E-state index in [0.717, 1.165) is 0 Å². The van der Waals surface area contributed by atoms with Crippen molar-refractivity contribution >= 4 is 22.0 Å². The molecule has 0 aliphatic carbocycles. The van der Waals surface area contributed by atoms with Gasteiger partial charge in [-0.25, -0.2) is 0 Å². The fraction of sp³-hybridized carbons (Fsp3) is 0.500. The molecule has 0 aromatic rings. The van der Waals surface area contributed by atoms with Crippen LogP contribution >= 0.6 is 0 Å². The van der Waals surface area contributed by atoms with Crippen molar-refractivity contribution in [2.45, 2.75) is 5.72 Å². The summed E-state index contributed by atoms with van der Waals surface area (Å²) in [6, 6.07) is 0. The molecule has 1 radical (unpaired) electrons. The van der Waals surface area contributed by atoms with Crippen molar-refractivity contribution in [1.82, 2.24) is 0 Å². The van der Waals surface area contributed by atoms with E-state index in [2.05, 4.69) is 0 Å². The van der Waals surface area contributed by atoms with Gasteiger partial charge in [0.15, 0.2) is 6.29 Å². The van der Waals surface area contributed by atoms with Gasteiger partial charge in [0.1, 0.15) is 15.7 Å². The molecule has 0 atom stereocenters. The Labute approximate surface area is 33.6 Å². The van der Waals surface area contributed by atoms with E-state index < -0.39 is 0 Å². The maximum atomic E-state index is 9.38. The Hall–Kier alpha value is -0.200. The second-order valence-electron chi connectivity index (χ2n) is 1.27. The SMILES string of the molecule is BC(B)[C]=O. The van der Waals surface area contributed by atoms with Crippen molar-refractivity contribution in [2.75, 3.05) is 0 Å². The number of carbonyl (C=O) groups excluding carboxylic acids is 1. The third-order valence-corrected chi connectivity index (χ3v) is 0.236. The summed E-state index contributed by atoms with van der Waals surface area (Å²) in [7, 11) is 3.60. The highest BCUT2D eigenvalue weighted by atomic mass is 16.1. The smallest absolute Gasteiger partial charge is 0.184 e. The van der Waals surface area contributed by atoms with Gasteiger partial charge >= 0.3 is 0 Å². The summed E-state index contributed by atoms with van der Waals surface area (Å²) in [4.78, 5) is 9.38. The summed E-state index contributed by atoms with van der Waals surface area (Å²) >= 11 is 0. The minimum atomic E-state index is 0.0787. The van der Waals surface area contributed by atoms with Crippen LogP contribution in [0.5, 0.6) is 0 Å². The van der Waals surface area contributed by atoms with Crippen molar-refractivity contribution in [3.05, 3.63) is 0 Å². The lowest BCUT2D eigenvalue weighted by atomic mass is 9.72. The molecule has 0 aromatic carbocycles. The van der Waals surface area contributed by atoms with Gasteiger partial charge in [0.2, 0.25) is 0 Å². The topological polar surface area (TPSA) is 17.1 Å². The van der Waals surface area contributed by atoms with E-state index in [4.69, 9.17) is 0 Å². The molecule has 0 aromatic heterocycles. The first-order valence-corrected chi connectivity index (χ1v) is 1.65. The number of hydrogen-bond acceptors (Lipinski definition) is 1. The molecule has 3 heteroatoms. The molecule has 0 bridgehead atoms.